The number of hydrogen-bond donors (Lipinski definition) is 5. The smallest absolute Gasteiger partial charge is 0.474 e. The average Bonchev–Trinajstić information content (AvgIpc) is 3.23. The molecule has 0 aliphatic rings. The van der Waals surface area contributed by atoms with Gasteiger partial charge in [0.1, 0.15) is 69.4 Å². The molecular formula is C42H35F13N8O5S2. The number of pyridine rings is 4. The number of halogens is 13. The van der Waals surface area contributed by atoms with Crippen LogP contribution in [-0.4, -0.2) is 67.5 Å². The van der Waals surface area contributed by atoms with E-state index in [4.69, 9.17) is 14.3 Å². The van der Waals surface area contributed by atoms with Gasteiger partial charge >= 0.3 is 24.4 Å². The molecule has 0 aliphatic heterocycles. The molecule has 1 atom stereocenters. The Morgan fingerprint density at radius 3 is 1.47 bits per heavy atom. The van der Waals surface area contributed by atoms with Gasteiger partial charge in [-0.2, -0.15) is 43.9 Å². The summed E-state index contributed by atoms with van der Waals surface area (Å²) in [7, 11) is -4.66. The Balaban J connectivity index is 0.000000265. The minimum Gasteiger partial charge on any atom is -0.496 e. The Labute approximate surface area is 389 Å². The molecular weight excluding hydrogens is 1010 g/mol. The monoisotopic (exact) mass is 1040 g/mol. The number of rotatable bonds is 12. The lowest BCUT2D eigenvalue weighted by atomic mass is 10.0. The molecule has 0 fully saturated rings. The van der Waals surface area contributed by atoms with Crippen molar-refractivity contribution >= 4 is 49.0 Å². The summed E-state index contributed by atoms with van der Waals surface area (Å²) >= 11 is 0. The van der Waals surface area contributed by atoms with Gasteiger partial charge in [0.15, 0.2) is 0 Å². The summed E-state index contributed by atoms with van der Waals surface area (Å²) in [6, 6.07) is 12.4. The summed E-state index contributed by atoms with van der Waals surface area (Å²) in [5.41, 5.74) is -2.94. The van der Waals surface area contributed by atoms with Gasteiger partial charge in [-0.3, -0.25) is 9.57 Å². The van der Waals surface area contributed by atoms with E-state index in [1.54, 1.807) is 0 Å². The van der Waals surface area contributed by atoms with E-state index < -0.39 is 96.3 Å². The van der Waals surface area contributed by atoms with Gasteiger partial charge < -0.3 is 24.7 Å². The Morgan fingerprint density at radius 1 is 0.671 bits per heavy atom. The van der Waals surface area contributed by atoms with Crippen LogP contribution in [0.25, 0.3) is 22.3 Å². The van der Waals surface area contributed by atoms with Crippen LogP contribution in [0.5, 0.6) is 11.5 Å². The fraction of sp³-hybridized carbons (Fsp3) is 0.214. The minimum absolute atomic E-state index is 0.0140. The van der Waals surface area contributed by atoms with E-state index in [-0.39, 0.29) is 62.3 Å². The number of anilines is 4. The molecule has 4 heterocycles. The molecule has 13 nitrogen and oxygen atoms in total. The molecule has 1 amide bonds. The molecule has 28 heteroatoms. The molecule has 376 valence electrons. The van der Waals surface area contributed by atoms with Crippen LogP contribution < -0.4 is 20.1 Å². The third kappa shape index (κ3) is 14.8. The molecule has 4 N–H and O–H groups in total. The van der Waals surface area contributed by atoms with Gasteiger partial charge in [-0.25, -0.2) is 41.7 Å². The first-order valence-electron chi connectivity index (χ1n) is 19.2. The Hall–Kier alpha value is -6.94. The van der Waals surface area contributed by atoms with Crippen LogP contribution in [0.15, 0.2) is 89.6 Å². The Kier molecular flexibility index (Phi) is 16.2. The van der Waals surface area contributed by atoms with Crippen molar-refractivity contribution in [1.29, 1.82) is 4.78 Å². The van der Waals surface area contributed by atoms with Gasteiger partial charge in [0.2, 0.25) is 0 Å². The van der Waals surface area contributed by atoms with E-state index in [9.17, 15) is 70.6 Å². The van der Waals surface area contributed by atoms with E-state index in [1.807, 2.05) is 0 Å². The standard InChI is InChI=1S/C22H18F8N4O3S.C20H17F5N4O2S/c1-37-16-7-12(23)3-4-13(16)14-8-18(31-9-15(14)24)33-19-6-11(5-17(32-19)21(25,26)27)10-38(2,36)34-20(35)22(28,29)30;1-31-16-7-12(21)3-4-13(16)14-8-18(27-9-15(14)22)29-19-6-11(10-32(2,26)30)5-17(28-19)20(23,24)25/h3-9,38H,10H2,1-2H3,(H,31,32,33)(H,34,35,36);3-9,26H,10H2,1-2H3,(H,27,28,29). The number of methoxy groups -OCH3 is 2. The topological polar surface area (TPSA) is 185 Å². The highest BCUT2D eigenvalue weighted by atomic mass is 32.3. The van der Waals surface area contributed by atoms with E-state index in [0.29, 0.717) is 6.07 Å². The molecule has 0 radical (unpaired) electrons. The zero-order valence-electron chi connectivity index (χ0n) is 36.1. The zero-order chi connectivity index (χ0) is 52.1. The lowest BCUT2D eigenvalue weighted by molar-refractivity contribution is -0.169. The van der Waals surface area contributed by atoms with Gasteiger partial charge in [-0.15, -0.1) is 10.1 Å². The van der Waals surface area contributed by atoms with Gasteiger partial charge in [-0.1, -0.05) is 0 Å². The van der Waals surface area contributed by atoms with E-state index in [2.05, 4.69) is 34.9 Å². The lowest BCUT2D eigenvalue weighted by Crippen LogP contribution is -2.24. The number of aromatic nitrogens is 4. The maximum Gasteiger partial charge on any atom is 0.474 e. The normalized spacial score (nSPS) is 13.1. The van der Waals surface area contributed by atoms with Crippen molar-refractivity contribution in [2.45, 2.75) is 30.0 Å². The van der Waals surface area contributed by atoms with Crippen molar-refractivity contribution in [2.24, 2.45) is 4.36 Å². The number of nitrogens with one attached hydrogen (secondary N) is 3. The first-order valence-corrected chi connectivity index (χ1v) is 23.6. The fourth-order valence-electron chi connectivity index (χ4n) is 6.18. The predicted octanol–water partition coefficient (Wildman–Crippen LogP) is 11.3. The quantitative estimate of drug-likeness (QED) is 0.0580. The first-order chi connectivity index (χ1) is 32.3. The van der Waals surface area contributed by atoms with Crippen LogP contribution in [0, 0.1) is 28.0 Å². The van der Waals surface area contributed by atoms with Gasteiger partial charge in [0.25, 0.3) is 0 Å². The maximum absolute atomic E-state index is 14.5. The molecule has 0 saturated carbocycles. The molecule has 70 heavy (non-hydrogen) atoms. The number of ether oxygens (including phenoxy) is 2. The average molecular weight is 1040 g/mol. The lowest BCUT2D eigenvalue weighted by Gasteiger charge is -2.20. The number of benzene rings is 2. The van der Waals surface area contributed by atoms with Crippen LogP contribution in [0.4, 0.5) is 80.3 Å². The van der Waals surface area contributed by atoms with Gasteiger partial charge in [0.05, 0.1) is 32.4 Å². The maximum atomic E-state index is 14.5. The van der Waals surface area contributed by atoms with Crippen molar-refractivity contribution in [3.63, 3.8) is 0 Å². The summed E-state index contributed by atoms with van der Waals surface area (Å²) in [4.78, 5) is 25.6. The molecule has 0 aliphatic carbocycles. The highest BCUT2D eigenvalue weighted by molar-refractivity contribution is 7.98. The van der Waals surface area contributed by atoms with Crippen LogP contribution >= 0.6 is 0 Å². The first kappa shape index (κ1) is 54.0. The number of hydrogen-bond acceptors (Lipinski definition) is 11. The summed E-state index contributed by atoms with van der Waals surface area (Å²) in [5, 5.41) is 5.01. The van der Waals surface area contributed by atoms with Crippen molar-refractivity contribution in [1.82, 2.24) is 19.9 Å². The number of alkyl halides is 9. The van der Waals surface area contributed by atoms with Crippen molar-refractivity contribution in [3.05, 3.63) is 131 Å². The molecule has 6 rings (SSSR count). The number of nitrogens with zero attached hydrogens (tertiary/aromatic N) is 5. The highest BCUT2D eigenvalue weighted by Gasteiger charge is 2.40. The van der Waals surface area contributed by atoms with Gasteiger partial charge in [0, 0.05) is 56.1 Å². The van der Waals surface area contributed by atoms with Crippen LogP contribution in [0.2, 0.25) is 0 Å². The fourth-order valence-corrected chi connectivity index (χ4v) is 8.44. The highest BCUT2D eigenvalue weighted by Crippen LogP contribution is 2.37. The molecule has 4 aromatic heterocycles. The Bertz CT molecular complexity index is 3090. The summed E-state index contributed by atoms with van der Waals surface area (Å²) in [6.07, 6.45) is -11.6. The third-order valence-electron chi connectivity index (χ3n) is 8.95. The van der Waals surface area contributed by atoms with Crippen molar-refractivity contribution in [3.8, 4) is 33.8 Å². The van der Waals surface area contributed by atoms with Crippen LogP contribution in [-0.2, 0) is 48.5 Å². The van der Waals surface area contributed by atoms with E-state index in [0.717, 1.165) is 67.4 Å². The van der Waals surface area contributed by atoms with Crippen molar-refractivity contribution in [2.75, 3.05) is 37.4 Å². The second kappa shape index (κ2) is 21.0. The van der Waals surface area contributed by atoms with E-state index >= 15 is 0 Å². The molecule has 6 aromatic rings. The molecule has 0 bridgehead atoms. The Morgan fingerprint density at radius 2 is 1.09 bits per heavy atom. The predicted molar refractivity (Wildman–Crippen MR) is 232 cm³/mol. The zero-order valence-corrected chi connectivity index (χ0v) is 37.8. The molecule has 0 saturated heterocycles. The number of thiol groups is 1. The van der Waals surface area contributed by atoms with Gasteiger partial charge in [-0.05, 0) is 78.0 Å². The molecule has 0 spiro atoms. The SMILES string of the molecule is COc1cc(F)ccc1-c1cc(Nc2cc(CS(C)(=N)=O)cc(C(F)(F)F)n2)ncc1F.COc1cc(F)ccc1-c1cc(Nc2cc(C[SH](C)(O)=NC(=O)C(F)(F)F)cc(C(F)(F)F)n2)ncc1F. The summed E-state index contributed by atoms with van der Waals surface area (Å²) in [5.74, 6) is -7.72. The van der Waals surface area contributed by atoms with Crippen LogP contribution in [0.3, 0.4) is 0 Å². The van der Waals surface area contributed by atoms with E-state index in [1.165, 1.54) is 38.5 Å². The number of carbonyl (C=O) groups excluding carboxylic acids is 1. The third-order valence-corrected chi connectivity index (χ3v) is 11.4. The number of amides is 1. The summed E-state index contributed by atoms with van der Waals surface area (Å²) in [6.45, 7) is 0. The van der Waals surface area contributed by atoms with Crippen LogP contribution in [0.1, 0.15) is 22.5 Å². The largest absolute Gasteiger partial charge is 0.496 e. The summed E-state index contributed by atoms with van der Waals surface area (Å²) < 4.78 is 216. The second-order valence-corrected chi connectivity index (χ2v) is 19.8. The molecule has 1 unspecified atom stereocenters. The number of carbonyl (C=O) groups is 1. The van der Waals surface area contributed by atoms with Crippen molar-refractivity contribution < 1.29 is 80.1 Å². The minimum atomic E-state index is -5.37. The molecule has 2 aromatic carbocycles. The second-order valence-electron chi connectivity index (χ2n) is 14.8.